The predicted molar refractivity (Wildman–Crippen MR) is 157 cm³/mol. The van der Waals surface area contributed by atoms with Crippen LogP contribution in [0.1, 0.15) is 110 Å². The summed E-state index contributed by atoms with van der Waals surface area (Å²) >= 11 is 0. The average molecular weight is 531 g/mol. The van der Waals surface area contributed by atoms with Crippen molar-refractivity contribution >= 4 is 8.60 Å². The molecule has 0 N–H and O–H groups in total. The largest absolute Gasteiger partial charge is 0.463 e. The van der Waals surface area contributed by atoms with E-state index < -0.39 is 8.60 Å². The molecule has 0 fully saturated rings. The zero-order chi connectivity index (χ0) is 26.2. The first-order chi connectivity index (χ1) is 18.3. The first-order valence-electron chi connectivity index (χ1n) is 14.8. The van der Waals surface area contributed by atoms with E-state index in [2.05, 4.69) is 13.8 Å². The molecule has 0 aliphatic heterocycles. The Kier molecular flexibility index (Phi) is 19.1. The number of benzene rings is 2. The third kappa shape index (κ3) is 16.8. The van der Waals surface area contributed by atoms with Crippen molar-refractivity contribution in [2.24, 2.45) is 0 Å². The Labute approximate surface area is 228 Å². The molecule has 1 atom stereocenters. The summed E-state index contributed by atoms with van der Waals surface area (Å²) in [5.74, 6) is 1.52. The lowest BCUT2D eigenvalue weighted by molar-refractivity contribution is 0.0369. The van der Waals surface area contributed by atoms with Crippen LogP contribution in [0.15, 0.2) is 60.7 Å². The third-order valence-electron chi connectivity index (χ3n) is 6.43. The van der Waals surface area contributed by atoms with Gasteiger partial charge < -0.3 is 13.8 Å². The van der Waals surface area contributed by atoms with Gasteiger partial charge in [-0.15, -0.1) is 0 Å². The third-order valence-corrected chi connectivity index (χ3v) is 7.54. The summed E-state index contributed by atoms with van der Waals surface area (Å²) in [7, 11) is -1.49. The maximum absolute atomic E-state index is 6.24. The zero-order valence-corrected chi connectivity index (χ0v) is 24.3. The van der Waals surface area contributed by atoms with Gasteiger partial charge in [-0.1, -0.05) is 121 Å². The van der Waals surface area contributed by atoms with Crippen LogP contribution in [0.3, 0.4) is 0 Å². The fourth-order valence-electron chi connectivity index (χ4n) is 4.29. The van der Waals surface area contributed by atoms with Gasteiger partial charge in [0.25, 0.3) is 0 Å². The van der Waals surface area contributed by atoms with Crippen LogP contribution < -0.4 is 9.05 Å². The molecular weight excluding hydrogens is 479 g/mol. The van der Waals surface area contributed by atoms with E-state index in [1.807, 2.05) is 60.7 Å². The summed E-state index contributed by atoms with van der Waals surface area (Å²) < 4.78 is 24.3. The molecule has 1 unspecified atom stereocenters. The van der Waals surface area contributed by atoms with Crippen molar-refractivity contribution in [2.45, 2.75) is 116 Å². The molecule has 0 bridgehead atoms. The summed E-state index contributed by atoms with van der Waals surface area (Å²) in [6, 6.07) is 19.5. The number of hydrogen-bond donors (Lipinski definition) is 0. The van der Waals surface area contributed by atoms with Crippen LogP contribution in [0.25, 0.3) is 0 Å². The first kappa shape index (κ1) is 31.6. The van der Waals surface area contributed by atoms with Crippen molar-refractivity contribution in [3.8, 4) is 11.5 Å². The highest BCUT2D eigenvalue weighted by Gasteiger charge is 2.17. The Morgan fingerprint density at radius 2 is 1.05 bits per heavy atom. The van der Waals surface area contributed by atoms with Gasteiger partial charge in [0.05, 0.1) is 12.7 Å². The SMILES string of the molecule is CCCCCCCCCCOC(CCC)CCCCCCOP(Oc1ccccc1)Oc1ccccc1. The van der Waals surface area contributed by atoms with Crippen molar-refractivity contribution in [3.05, 3.63) is 60.7 Å². The van der Waals surface area contributed by atoms with E-state index in [9.17, 15) is 0 Å². The molecule has 0 radical (unpaired) electrons. The second-order valence-electron chi connectivity index (χ2n) is 9.82. The van der Waals surface area contributed by atoms with Gasteiger partial charge in [0.1, 0.15) is 11.5 Å². The van der Waals surface area contributed by atoms with Crippen LogP contribution in [-0.2, 0) is 9.26 Å². The summed E-state index contributed by atoms with van der Waals surface area (Å²) in [6.45, 7) is 6.11. The van der Waals surface area contributed by atoms with E-state index in [4.69, 9.17) is 18.3 Å². The van der Waals surface area contributed by atoms with E-state index in [0.29, 0.717) is 12.7 Å². The summed E-state index contributed by atoms with van der Waals surface area (Å²) in [5, 5.41) is 0. The van der Waals surface area contributed by atoms with E-state index in [0.717, 1.165) is 30.9 Å². The lowest BCUT2D eigenvalue weighted by Gasteiger charge is -2.18. The zero-order valence-electron chi connectivity index (χ0n) is 23.5. The molecule has 0 amide bonds. The molecular formula is C32H51O4P. The summed E-state index contributed by atoms with van der Waals surface area (Å²) in [5.41, 5.74) is 0. The van der Waals surface area contributed by atoms with Crippen molar-refractivity contribution in [2.75, 3.05) is 13.2 Å². The molecule has 0 aliphatic carbocycles. The standard InChI is InChI=1S/C32H51O4P/c1-3-5-6-7-8-9-11-20-28-33-30(22-4-2)23-15-10-12-21-29-34-37(35-31-24-16-13-17-25-31)36-32-26-18-14-19-27-32/h13-14,16-19,24-27,30H,3-12,15,20-23,28-29H2,1-2H3. The highest BCUT2D eigenvalue weighted by molar-refractivity contribution is 7.42. The molecule has 2 aromatic rings. The minimum absolute atomic E-state index is 0.428. The van der Waals surface area contributed by atoms with E-state index in [-0.39, 0.29) is 0 Å². The number of rotatable bonds is 24. The van der Waals surface area contributed by atoms with Crippen LogP contribution >= 0.6 is 8.60 Å². The van der Waals surface area contributed by atoms with Gasteiger partial charge in [-0.25, -0.2) is 0 Å². The minimum atomic E-state index is -1.49. The summed E-state index contributed by atoms with van der Waals surface area (Å²) in [4.78, 5) is 0. The fourth-order valence-corrected chi connectivity index (χ4v) is 5.30. The lowest BCUT2D eigenvalue weighted by atomic mass is 10.1. The van der Waals surface area contributed by atoms with Crippen LogP contribution in [0.5, 0.6) is 11.5 Å². The highest BCUT2D eigenvalue weighted by Crippen LogP contribution is 2.41. The van der Waals surface area contributed by atoms with E-state index in [1.54, 1.807) is 0 Å². The molecule has 0 spiro atoms. The molecule has 4 nitrogen and oxygen atoms in total. The van der Waals surface area contributed by atoms with Crippen LogP contribution in [-0.4, -0.2) is 19.3 Å². The lowest BCUT2D eigenvalue weighted by Crippen LogP contribution is -2.13. The Bertz CT molecular complexity index is 701. The highest BCUT2D eigenvalue weighted by atomic mass is 31.2. The van der Waals surface area contributed by atoms with Gasteiger partial charge in [0.2, 0.25) is 0 Å². The Morgan fingerprint density at radius 1 is 0.541 bits per heavy atom. The molecule has 0 saturated carbocycles. The molecule has 0 aromatic heterocycles. The quantitative estimate of drug-likeness (QED) is 0.0999. The molecule has 0 saturated heterocycles. The Hall–Kier alpha value is -1.61. The maximum atomic E-state index is 6.24. The normalized spacial score (nSPS) is 12.1. The van der Waals surface area contributed by atoms with E-state index in [1.165, 1.54) is 83.5 Å². The smallest absolute Gasteiger partial charge is 0.418 e. The Balaban J connectivity index is 1.56. The van der Waals surface area contributed by atoms with Gasteiger partial charge in [-0.2, -0.15) is 0 Å². The second kappa shape index (κ2) is 22.4. The molecule has 0 aliphatic rings. The van der Waals surface area contributed by atoms with Gasteiger partial charge >= 0.3 is 8.60 Å². The number of unbranched alkanes of at least 4 members (excludes halogenated alkanes) is 10. The predicted octanol–water partition coefficient (Wildman–Crippen LogP) is 10.7. The van der Waals surface area contributed by atoms with Gasteiger partial charge in [0, 0.05) is 6.61 Å². The molecule has 0 heterocycles. The maximum Gasteiger partial charge on any atom is 0.463 e. The minimum Gasteiger partial charge on any atom is -0.418 e. The topological polar surface area (TPSA) is 36.9 Å². The van der Waals surface area contributed by atoms with Crippen molar-refractivity contribution < 1.29 is 18.3 Å². The number of ether oxygens (including phenoxy) is 1. The van der Waals surface area contributed by atoms with Crippen LogP contribution in [0, 0.1) is 0 Å². The molecule has 5 heteroatoms. The second-order valence-corrected chi connectivity index (χ2v) is 10.9. The average Bonchev–Trinajstić information content (AvgIpc) is 2.92. The summed E-state index contributed by atoms with van der Waals surface area (Å²) in [6.07, 6.45) is 19.4. The monoisotopic (exact) mass is 530 g/mol. The van der Waals surface area contributed by atoms with Gasteiger partial charge in [-0.3, -0.25) is 4.52 Å². The molecule has 37 heavy (non-hydrogen) atoms. The molecule has 208 valence electrons. The van der Waals surface area contributed by atoms with E-state index >= 15 is 0 Å². The first-order valence-corrected chi connectivity index (χ1v) is 15.9. The number of para-hydroxylation sites is 2. The van der Waals surface area contributed by atoms with Crippen molar-refractivity contribution in [1.82, 2.24) is 0 Å². The van der Waals surface area contributed by atoms with Crippen LogP contribution in [0.4, 0.5) is 0 Å². The number of hydrogen-bond acceptors (Lipinski definition) is 4. The molecule has 2 aromatic carbocycles. The van der Waals surface area contributed by atoms with Crippen molar-refractivity contribution in [1.29, 1.82) is 0 Å². The molecule has 2 rings (SSSR count). The fraction of sp³-hybridized carbons (Fsp3) is 0.625. The van der Waals surface area contributed by atoms with Gasteiger partial charge in [-0.05, 0) is 49.9 Å². The Morgan fingerprint density at radius 3 is 1.62 bits per heavy atom. The van der Waals surface area contributed by atoms with Crippen LogP contribution in [0.2, 0.25) is 0 Å². The van der Waals surface area contributed by atoms with Gasteiger partial charge in [0.15, 0.2) is 0 Å². The van der Waals surface area contributed by atoms with Crippen molar-refractivity contribution in [3.63, 3.8) is 0 Å².